The zero-order chi connectivity index (χ0) is 17.1. The second-order valence-corrected chi connectivity index (χ2v) is 6.58. The van der Waals surface area contributed by atoms with E-state index in [0.717, 1.165) is 16.6 Å². The fourth-order valence-corrected chi connectivity index (χ4v) is 2.80. The highest BCUT2D eigenvalue weighted by Gasteiger charge is 2.07. The first-order chi connectivity index (χ1) is 11.5. The zero-order valence-electron chi connectivity index (χ0n) is 13.8. The van der Waals surface area contributed by atoms with Crippen molar-refractivity contribution in [1.82, 2.24) is 9.78 Å². The normalized spacial score (nSPS) is 11.2. The summed E-state index contributed by atoms with van der Waals surface area (Å²) >= 11 is 5.98. The minimum atomic E-state index is -0.0232. The summed E-state index contributed by atoms with van der Waals surface area (Å²) in [7, 11) is 0. The van der Waals surface area contributed by atoms with Crippen molar-refractivity contribution in [3.05, 3.63) is 59.2 Å². The molecule has 0 unspecified atom stereocenters. The first-order valence-electron chi connectivity index (χ1n) is 8.04. The van der Waals surface area contributed by atoms with Gasteiger partial charge in [0.05, 0.1) is 18.3 Å². The molecule has 0 atom stereocenters. The van der Waals surface area contributed by atoms with E-state index in [1.807, 2.05) is 47.1 Å². The monoisotopic (exact) mass is 341 g/mol. The number of anilines is 1. The van der Waals surface area contributed by atoms with Crippen LogP contribution in [0.15, 0.2) is 48.7 Å². The van der Waals surface area contributed by atoms with Gasteiger partial charge in [-0.1, -0.05) is 37.6 Å². The van der Waals surface area contributed by atoms with Gasteiger partial charge in [-0.05, 0) is 41.8 Å². The van der Waals surface area contributed by atoms with Crippen LogP contribution in [0.1, 0.15) is 31.7 Å². The van der Waals surface area contributed by atoms with E-state index in [1.54, 1.807) is 6.20 Å². The number of amides is 1. The van der Waals surface area contributed by atoms with Crippen LogP contribution in [-0.2, 0) is 11.3 Å². The predicted molar refractivity (Wildman–Crippen MR) is 98.5 cm³/mol. The van der Waals surface area contributed by atoms with Crippen LogP contribution in [-0.4, -0.2) is 15.7 Å². The molecule has 0 aliphatic rings. The molecule has 124 valence electrons. The summed E-state index contributed by atoms with van der Waals surface area (Å²) in [6, 6.07) is 13.6. The fraction of sp³-hybridized carbons (Fsp3) is 0.263. The van der Waals surface area contributed by atoms with Crippen LogP contribution >= 0.6 is 11.6 Å². The topological polar surface area (TPSA) is 46.9 Å². The first kappa shape index (κ1) is 16.5. The Labute approximate surface area is 146 Å². The van der Waals surface area contributed by atoms with Gasteiger partial charge in [0.15, 0.2) is 0 Å². The molecule has 5 heteroatoms. The Bertz CT molecular complexity index is 853. The molecule has 0 spiro atoms. The van der Waals surface area contributed by atoms with Crippen LogP contribution in [0.2, 0.25) is 5.02 Å². The largest absolute Gasteiger partial charge is 0.326 e. The van der Waals surface area contributed by atoms with E-state index in [2.05, 4.69) is 24.3 Å². The molecule has 0 bridgehead atoms. The molecule has 1 N–H and O–H groups in total. The van der Waals surface area contributed by atoms with Gasteiger partial charge >= 0.3 is 0 Å². The molecule has 0 radical (unpaired) electrons. The molecule has 2 aromatic carbocycles. The van der Waals surface area contributed by atoms with Crippen molar-refractivity contribution in [3.63, 3.8) is 0 Å². The van der Waals surface area contributed by atoms with E-state index < -0.39 is 0 Å². The molecule has 4 nitrogen and oxygen atoms in total. The fourth-order valence-electron chi connectivity index (χ4n) is 2.62. The maximum absolute atomic E-state index is 12.1. The summed E-state index contributed by atoms with van der Waals surface area (Å²) in [6.07, 6.45) is 2.13. The standard InChI is InChI=1S/C19H20ClN3O/c1-13(2)14-3-6-17(7-4-14)22-19(24)9-10-23-18-8-5-16(20)11-15(18)12-21-23/h3-8,11-13H,9-10H2,1-2H3,(H,22,24). The number of halogens is 1. The van der Waals surface area contributed by atoms with E-state index in [9.17, 15) is 4.79 Å². The summed E-state index contributed by atoms with van der Waals surface area (Å²) in [6.45, 7) is 4.82. The minimum Gasteiger partial charge on any atom is -0.326 e. The summed E-state index contributed by atoms with van der Waals surface area (Å²) in [5.41, 5.74) is 3.06. The molecule has 3 aromatic rings. The van der Waals surface area contributed by atoms with Gasteiger partial charge in [-0.15, -0.1) is 0 Å². The van der Waals surface area contributed by atoms with Crippen molar-refractivity contribution in [1.29, 1.82) is 0 Å². The smallest absolute Gasteiger partial charge is 0.226 e. The molecule has 1 heterocycles. The van der Waals surface area contributed by atoms with Crippen molar-refractivity contribution in [2.45, 2.75) is 32.7 Å². The zero-order valence-corrected chi connectivity index (χ0v) is 14.5. The highest BCUT2D eigenvalue weighted by molar-refractivity contribution is 6.31. The summed E-state index contributed by atoms with van der Waals surface area (Å²) in [4.78, 5) is 12.1. The average molecular weight is 342 g/mol. The molecule has 0 saturated carbocycles. The van der Waals surface area contributed by atoms with E-state index in [0.29, 0.717) is 23.9 Å². The van der Waals surface area contributed by atoms with Crippen molar-refractivity contribution < 1.29 is 4.79 Å². The van der Waals surface area contributed by atoms with Crippen molar-refractivity contribution in [2.24, 2.45) is 0 Å². The number of rotatable bonds is 5. The quantitative estimate of drug-likeness (QED) is 0.721. The first-order valence-corrected chi connectivity index (χ1v) is 8.41. The Hall–Kier alpha value is -2.33. The Morgan fingerprint density at radius 2 is 1.96 bits per heavy atom. The Balaban J connectivity index is 1.60. The SMILES string of the molecule is CC(C)c1ccc(NC(=O)CCn2ncc3cc(Cl)ccc32)cc1. The van der Waals surface area contributed by atoms with Crippen LogP contribution in [0.25, 0.3) is 10.9 Å². The van der Waals surface area contributed by atoms with Gasteiger partial charge in [-0.25, -0.2) is 0 Å². The Morgan fingerprint density at radius 3 is 2.67 bits per heavy atom. The second kappa shape index (κ2) is 7.05. The van der Waals surface area contributed by atoms with Crippen LogP contribution in [0.3, 0.4) is 0 Å². The molecule has 0 fully saturated rings. The number of aromatic nitrogens is 2. The Kier molecular flexibility index (Phi) is 4.86. The van der Waals surface area contributed by atoms with E-state index >= 15 is 0 Å². The summed E-state index contributed by atoms with van der Waals surface area (Å²) in [5.74, 6) is 0.460. The highest BCUT2D eigenvalue weighted by atomic mass is 35.5. The van der Waals surface area contributed by atoms with E-state index in [1.165, 1.54) is 5.56 Å². The van der Waals surface area contributed by atoms with Crippen LogP contribution in [0.4, 0.5) is 5.69 Å². The van der Waals surface area contributed by atoms with Gasteiger partial charge in [0.2, 0.25) is 5.91 Å². The number of fused-ring (bicyclic) bond motifs is 1. The van der Waals surface area contributed by atoms with Gasteiger partial charge in [-0.2, -0.15) is 5.10 Å². The number of nitrogens with one attached hydrogen (secondary N) is 1. The third-order valence-corrected chi connectivity index (χ3v) is 4.25. The molecule has 24 heavy (non-hydrogen) atoms. The lowest BCUT2D eigenvalue weighted by molar-refractivity contribution is -0.116. The van der Waals surface area contributed by atoms with Crippen LogP contribution in [0.5, 0.6) is 0 Å². The number of aryl methyl sites for hydroxylation is 1. The number of hydrogen-bond donors (Lipinski definition) is 1. The molecular weight excluding hydrogens is 322 g/mol. The van der Waals surface area contributed by atoms with Crippen LogP contribution in [0, 0.1) is 0 Å². The molecule has 1 amide bonds. The van der Waals surface area contributed by atoms with Gasteiger partial charge in [0.1, 0.15) is 0 Å². The van der Waals surface area contributed by atoms with E-state index in [-0.39, 0.29) is 5.91 Å². The van der Waals surface area contributed by atoms with Gasteiger partial charge in [0, 0.05) is 22.5 Å². The maximum Gasteiger partial charge on any atom is 0.226 e. The molecule has 0 saturated heterocycles. The molecule has 3 rings (SSSR count). The summed E-state index contributed by atoms with van der Waals surface area (Å²) in [5, 5.41) is 8.91. The maximum atomic E-state index is 12.1. The van der Waals surface area contributed by atoms with Crippen molar-refractivity contribution in [2.75, 3.05) is 5.32 Å². The molecule has 0 aliphatic heterocycles. The molecule has 0 aliphatic carbocycles. The van der Waals surface area contributed by atoms with Crippen LogP contribution < -0.4 is 5.32 Å². The predicted octanol–water partition coefficient (Wildman–Crippen LogP) is 4.84. The number of benzene rings is 2. The highest BCUT2D eigenvalue weighted by Crippen LogP contribution is 2.20. The number of carbonyl (C=O) groups excluding carboxylic acids is 1. The minimum absolute atomic E-state index is 0.0232. The lowest BCUT2D eigenvalue weighted by Crippen LogP contribution is -2.15. The number of hydrogen-bond acceptors (Lipinski definition) is 2. The third kappa shape index (κ3) is 3.77. The van der Waals surface area contributed by atoms with Crippen molar-refractivity contribution >= 4 is 34.1 Å². The average Bonchev–Trinajstić information content (AvgIpc) is 2.95. The van der Waals surface area contributed by atoms with E-state index in [4.69, 9.17) is 11.6 Å². The molecule has 1 aromatic heterocycles. The number of nitrogens with zero attached hydrogens (tertiary/aromatic N) is 2. The van der Waals surface area contributed by atoms with Crippen molar-refractivity contribution in [3.8, 4) is 0 Å². The third-order valence-electron chi connectivity index (χ3n) is 4.02. The van der Waals surface area contributed by atoms with Gasteiger partial charge in [0.25, 0.3) is 0 Å². The van der Waals surface area contributed by atoms with Gasteiger partial charge < -0.3 is 5.32 Å². The lowest BCUT2D eigenvalue weighted by atomic mass is 10.0. The lowest BCUT2D eigenvalue weighted by Gasteiger charge is -2.09. The molecular formula is C19H20ClN3O. The summed E-state index contributed by atoms with van der Waals surface area (Å²) < 4.78 is 1.83. The second-order valence-electron chi connectivity index (χ2n) is 6.15. The Morgan fingerprint density at radius 1 is 1.21 bits per heavy atom. The van der Waals surface area contributed by atoms with Gasteiger partial charge in [-0.3, -0.25) is 9.48 Å². The number of carbonyl (C=O) groups is 1.